The van der Waals surface area contributed by atoms with Crippen molar-refractivity contribution in [3.8, 4) is 0 Å². The van der Waals surface area contributed by atoms with E-state index < -0.39 is 0 Å². The Morgan fingerprint density at radius 2 is 2.00 bits per heavy atom. The molecule has 2 rings (SSSR count). The molecule has 0 aromatic rings. The second kappa shape index (κ2) is 3.11. The molecule has 2 fully saturated rings. The maximum Gasteiger partial charge on any atom is 0.0586 e. The molecule has 2 nitrogen and oxygen atoms in total. The summed E-state index contributed by atoms with van der Waals surface area (Å²) in [5.74, 6) is 0. The van der Waals surface area contributed by atoms with Crippen LogP contribution in [-0.2, 0) is 0 Å². The predicted molar refractivity (Wildman–Crippen MR) is 44.5 cm³/mol. The van der Waals surface area contributed by atoms with Gasteiger partial charge in [-0.05, 0) is 32.2 Å². The van der Waals surface area contributed by atoms with Crippen LogP contribution in [0.2, 0.25) is 0 Å². The molecule has 0 spiro atoms. The van der Waals surface area contributed by atoms with Gasteiger partial charge in [-0.2, -0.15) is 0 Å². The number of fused-ring (bicyclic) bond motifs is 1. The minimum atomic E-state index is 0.372. The summed E-state index contributed by atoms with van der Waals surface area (Å²) in [6, 6.07) is 1.32. The van der Waals surface area contributed by atoms with Gasteiger partial charge in [0.05, 0.1) is 6.61 Å². The smallest absolute Gasteiger partial charge is 0.0586 e. The lowest BCUT2D eigenvalue weighted by atomic mass is 9.97. The third-order valence-electron chi connectivity index (χ3n) is 3.18. The highest BCUT2D eigenvalue weighted by Gasteiger charge is 2.32. The first-order valence-electron chi connectivity index (χ1n) is 4.78. The van der Waals surface area contributed by atoms with Crippen LogP contribution in [-0.4, -0.2) is 35.2 Å². The summed E-state index contributed by atoms with van der Waals surface area (Å²) in [6.07, 6.45) is 6.63. The number of aliphatic hydroxyl groups is 1. The third-order valence-corrected chi connectivity index (χ3v) is 3.18. The Morgan fingerprint density at radius 3 is 2.82 bits per heavy atom. The molecular weight excluding hydrogens is 138 g/mol. The standard InChI is InChI=1S/C9H17NO/c11-7-9-4-1-3-8-5-2-6-10(8)9/h8-9,11H,1-7H2/t8-,9+/m0/s1. The van der Waals surface area contributed by atoms with Gasteiger partial charge in [0.2, 0.25) is 0 Å². The van der Waals surface area contributed by atoms with Gasteiger partial charge in [-0.1, -0.05) is 6.42 Å². The molecule has 0 unspecified atom stereocenters. The molecule has 0 bridgehead atoms. The van der Waals surface area contributed by atoms with E-state index >= 15 is 0 Å². The van der Waals surface area contributed by atoms with E-state index in [1.165, 1.54) is 38.6 Å². The van der Waals surface area contributed by atoms with E-state index in [9.17, 15) is 0 Å². The van der Waals surface area contributed by atoms with Crippen molar-refractivity contribution in [2.45, 2.75) is 44.2 Å². The molecule has 2 heteroatoms. The highest BCUT2D eigenvalue weighted by molar-refractivity contribution is 4.88. The first-order valence-corrected chi connectivity index (χ1v) is 4.78. The highest BCUT2D eigenvalue weighted by Crippen LogP contribution is 2.30. The lowest BCUT2D eigenvalue weighted by Gasteiger charge is -2.36. The van der Waals surface area contributed by atoms with Crippen molar-refractivity contribution < 1.29 is 5.11 Å². The summed E-state index contributed by atoms with van der Waals surface area (Å²) in [5.41, 5.74) is 0. The second-order valence-corrected chi connectivity index (χ2v) is 3.80. The summed E-state index contributed by atoms with van der Waals surface area (Å²) in [5, 5.41) is 9.10. The number of aliphatic hydroxyl groups excluding tert-OH is 1. The molecule has 0 saturated carbocycles. The Hall–Kier alpha value is -0.0800. The number of rotatable bonds is 1. The number of hydrogen-bond acceptors (Lipinski definition) is 2. The molecule has 2 aliphatic heterocycles. The van der Waals surface area contributed by atoms with E-state index in [1.54, 1.807) is 0 Å². The van der Waals surface area contributed by atoms with Crippen molar-refractivity contribution in [2.24, 2.45) is 0 Å². The minimum absolute atomic E-state index is 0.372. The topological polar surface area (TPSA) is 23.5 Å². The summed E-state index contributed by atoms with van der Waals surface area (Å²) in [6.45, 7) is 1.60. The maximum atomic E-state index is 9.10. The molecule has 0 aromatic heterocycles. The summed E-state index contributed by atoms with van der Waals surface area (Å²) < 4.78 is 0. The molecule has 0 aromatic carbocycles. The average Bonchev–Trinajstić information content (AvgIpc) is 2.50. The molecule has 11 heavy (non-hydrogen) atoms. The maximum absolute atomic E-state index is 9.10. The number of hydrogen-bond donors (Lipinski definition) is 1. The zero-order valence-electron chi connectivity index (χ0n) is 7.00. The molecule has 2 heterocycles. The first-order chi connectivity index (χ1) is 5.42. The molecule has 64 valence electrons. The lowest BCUT2D eigenvalue weighted by Crippen LogP contribution is -2.44. The van der Waals surface area contributed by atoms with Crippen LogP contribution in [0.4, 0.5) is 0 Å². The quantitative estimate of drug-likeness (QED) is 0.610. The van der Waals surface area contributed by atoms with Gasteiger partial charge >= 0.3 is 0 Å². The van der Waals surface area contributed by atoms with Crippen LogP contribution >= 0.6 is 0 Å². The van der Waals surface area contributed by atoms with Gasteiger partial charge in [0, 0.05) is 12.1 Å². The van der Waals surface area contributed by atoms with Crippen molar-refractivity contribution in [3.05, 3.63) is 0 Å². The van der Waals surface area contributed by atoms with E-state index in [-0.39, 0.29) is 0 Å². The largest absolute Gasteiger partial charge is 0.395 e. The first kappa shape index (κ1) is 7.56. The fourth-order valence-electron chi connectivity index (χ4n) is 2.60. The van der Waals surface area contributed by atoms with Gasteiger partial charge in [0.1, 0.15) is 0 Å². The van der Waals surface area contributed by atoms with Crippen LogP contribution in [0, 0.1) is 0 Å². The Balaban J connectivity index is 2.00. The Bertz CT molecular complexity index is 138. The molecular formula is C9H17NO. The van der Waals surface area contributed by atoms with Crippen molar-refractivity contribution in [1.82, 2.24) is 4.90 Å². The summed E-state index contributed by atoms with van der Waals surface area (Å²) in [4.78, 5) is 2.52. The lowest BCUT2D eigenvalue weighted by molar-refractivity contribution is 0.0735. The van der Waals surface area contributed by atoms with E-state index in [1.807, 2.05) is 0 Å². The van der Waals surface area contributed by atoms with Crippen LogP contribution < -0.4 is 0 Å². The van der Waals surface area contributed by atoms with Gasteiger partial charge in [0.15, 0.2) is 0 Å². The zero-order valence-corrected chi connectivity index (χ0v) is 7.00. The predicted octanol–water partition coefficient (Wildman–Crippen LogP) is 0.996. The average molecular weight is 155 g/mol. The zero-order chi connectivity index (χ0) is 7.68. The molecule has 0 aliphatic carbocycles. The van der Waals surface area contributed by atoms with Crippen LogP contribution in [0.1, 0.15) is 32.1 Å². The molecule has 0 radical (unpaired) electrons. The van der Waals surface area contributed by atoms with Crippen molar-refractivity contribution in [2.75, 3.05) is 13.2 Å². The number of piperidine rings is 1. The summed E-state index contributed by atoms with van der Waals surface area (Å²) in [7, 11) is 0. The fourth-order valence-corrected chi connectivity index (χ4v) is 2.60. The number of nitrogens with zero attached hydrogens (tertiary/aromatic N) is 1. The van der Waals surface area contributed by atoms with Crippen molar-refractivity contribution in [1.29, 1.82) is 0 Å². The molecule has 1 N–H and O–H groups in total. The van der Waals surface area contributed by atoms with Crippen molar-refractivity contribution >= 4 is 0 Å². The molecule has 2 atom stereocenters. The van der Waals surface area contributed by atoms with E-state index in [0.717, 1.165) is 6.04 Å². The van der Waals surface area contributed by atoms with Gasteiger partial charge in [-0.15, -0.1) is 0 Å². The normalized spacial score (nSPS) is 39.0. The Kier molecular flexibility index (Phi) is 2.14. The fraction of sp³-hybridized carbons (Fsp3) is 1.00. The van der Waals surface area contributed by atoms with Crippen LogP contribution in [0.5, 0.6) is 0 Å². The SMILES string of the molecule is OC[C@H]1CCC[C@H]2CCCN21. The Morgan fingerprint density at radius 1 is 1.18 bits per heavy atom. The van der Waals surface area contributed by atoms with Crippen molar-refractivity contribution in [3.63, 3.8) is 0 Å². The molecule has 2 aliphatic rings. The second-order valence-electron chi connectivity index (χ2n) is 3.80. The van der Waals surface area contributed by atoms with Gasteiger partial charge < -0.3 is 5.11 Å². The van der Waals surface area contributed by atoms with Crippen LogP contribution in [0.25, 0.3) is 0 Å². The van der Waals surface area contributed by atoms with Gasteiger partial charge in [-0.25, -0.2) is 0 Å². The van der Waals surface area contributed by atoms with E-state index in [2.05, 4.69) is 4.90 Å². The van der Waals surface area contributed by atoms with E-state index in [0.29, 0.717) is 12.6 Å². The highest BCUT2D eigenvalue weighted by atomic mass is 16.3. The minimum Gasteiger partial charge on any atom is -0.395 e. The summed E-state index contributed by atoms with van der Waals surface area (Å²) >= 11 is 0. The molecule has 0 amide bonds. The monoisotopic (exact) mass is 155 g/mol. The Labute approximate surface area is 68.2 Å². The van der Waals surface area contributed by atoms with Gasteiger partial charge in [0.25, 0.3) is 0 Å². The molecule has 2 saturated heterocycles. The van der Waals surface area contributed by atoms with E-state index in [4.69, 9.17) is 5.11 Å². The third kappa shape index (κ3) is 1.30. The van der Waals surface area contributed by atoms with Gasteiger partial charge in [-0.3, -0.25) is 4.90 Å². The van der Waals surface area contributed by atoms with Crippen LogP contribution in [0.3, 0.4) is 0 Å². The van der Waals surface area contributed by atoms with Crippen LogP contribution in [0.15, 0.2) is 0 Å².